The highest BCUT2D eigenvalue weighted by Gasteiger charge is 2.23. The van der Waals surface area contributed by atoms with Crippen molar-refractivity contribution in [2.45, 2.75) is 25.7 Å². The van der Waals surface area contributed by atoms with Crippen LogP contribution in [0.2, 0.25) is 0 Å². The van der Waals surface area contributed by atoms with Gasteiger partial charge in [-0.25, -0.2) is 22.5 Å². The largest absolute Gasteiger partial charge is 0.263 e. The van der Waals surface area contributed by atoms with Gasteiger partial charge in [0.2, 0.25) is 0 Å². The minimum atomic E-state index is -3.85. The first-order valence-corrected chi connectivity index (χ1v) is 9.93. The monoisotopic (exact) mass is 438 g/mol. The predicted octanol–water partition coefficient (Wildman–Crippen LogP) is 3.89. The Kier molecular flexibility index (Phi) is 4.85. The molecule has 0 aliphatic rings. The molecule has 3 aromatic rings. The SMILES string of the molecule is Cc1cn(-c2ncccc2F)nc1NS(=O)(=O)c1c(C)cc(Br)cc1C. The quantitative estimate of drug-likeness (QED) is 0.669. The van der Waals surface area contributed by atoms with Crippen LogP contribution < -0.4 is 4.72 Å². The summed E-state index contributed by atoms with van der Waals surface area (Å²) in [6.45, 7) is 5.13. The number of hydrogen-bond acceptors (Lipinski definition) is 4. The molecule has 0 radical (unpaired) electrons. The number of pyridine rings is 1. The molecule has 0 saturated carbocycles. The number of nitrogens with one attached hydrogen (secondary N) is 1. The van der Waals surface area contributed by atoms with Gasteiger partial charge in [-0.3, -0.25) is 4.72 Å². The fourth-order valence-corrected chi connectivity index (χ4v) is 4.93. The van der Waals surface area contributed by atoms with Gasteiger partial charge in [0.1, 0.15) is 0 Å². The van der Waals surface area contributed by atoms with E-state index in [1.54, 1.807) is 32.9 Å². The zero-order valence-electron chi connectivity index (χ0n) is 14.3. The smallest absolute Gasteiger partial charge is 0.262 e. The lowest BCUT2D eigenvalue weighted by Gasteiger charge is -2.12. The molecule has 2 aromatic heterocycles. The highest BCUT2D eigenvalue weighted by molar-refractivity contribution is 9.10. The number of aryl methyl sites for hydroxylation is 3. The molecule has 1 N–H and O–H groups in total. The van der Waals surface area contributed by atoms with Crippen LogP contribution in [0.25, 0.3) is 5.82 Å². The van der Waals surface area contributed by atoms with E-state index in [0.717, 1.165) is 4.47 Å². The molecule has 0 spiro atoms. The highest BCUT2D eigenvalue weighted by Crippen LogP contribution is 2.27. The van der Waals surface area contributed by atoms with Crippen LogP contribution >= 0.6 is 15.9 Å². The van der Waals surface area contributed by atoms with E-state index in [2.05, 4.69) is 30.7 Å². The number of sulfonamides is 1. The number of hydrogen-bond donors (Lipinski definition) is 1. The lowest BCUT2D eigenvalue weighted by Crippen LogP contribution is -2.17. The zero-order chi connectivity index (χ0) is 19.1. The van der Waals surface area contributed by atoms with Crippen molar-refractivity contribution in [3.05, 3.63) is 63.6 Å². The first-order valence-electron chi connectivity index (χ1n) is 7.66. The van der Waals surface area contributed by atoms with Crippen LogP contribution in [0.5, 0.6) is 0 Å². The molecule has 0 atom stereocenters. The molecule has 0 amide bonds. The molecule has 0 aliphatic carbocycles. The first kappa shape index (κ1) is 18.5. The van der Waals surface area contributed by atoms with E-state index in [1.807, 2.05) is 0 Å². The van der Waals surface area contributed by atoms with Crippen LogP contribution in [0.3, 0.4) is 0 Å². The van der Waals surface area contributed by atoms with E-state index >= 15 is 0 Å². The summed E-state index contributed by atoms with van der Waals surface area (Å²) in [5, 5.41) is 4.14. The van der Waals surface area contributed by atoms with Gasteiger partial charge < -0.3 is 0 Å². The fraction of sp³-hybridized carbons (Fsp3) is 0.176. The summed E-state index contributed by atoms with van der Waals surface area (Å²) < 4.78 is 44.1. The van der Waals surface area contributed by atoms with Gasteiger partial charge >= 0.3 is 0 Å². The van der Waals surface area contributed by atoms with Crippen LogP contribution in [-0.4, -0.2) is 23.2 Å². The summed E-state index contributed by atoms with van der Waals surface area (Å²) in [6.07, 6.45) is 2.96. The van der Waals surface area contributed by atoms with Crippen molar-refractivity contribution < 1.29 is 12.8 Å². The predicted molar refractivity (Wildman–Crippen MR) is 100 cm³/mol. The topological polar surface area (TPSA) is 76.9 Å². The van der Waals surface area contributed by atoms with Crippen LogP contribution in [0.4, 0.5) is 10.2 Å². The molecule has 6 nitrogen and oxygen atoms in total. The Bertz CT molecular complexity index is 1070. The van der Waals surface area contributed by atoms with Crippen LogP contribution in [-0.2, 0) is 10.0 Å². The molecule has 0 fully saturated rings. The Morgan fingerprint density at radius 3 is 2.42 bits per heavy atom. The summed E-state index contributed by atoms with van der Waals surface area (Å²) in [5.74, 6) is -0.433. The van der Waals surface area contributed by atoms with Crippen molar-refractivity contribution in [2.75, 3.05) is 4.72 Å². The van der Waals surface area contributed by atoms with E-state index in [9.17, 15) is 12.8 Å². The molecular weight excluding hydrogens is 423 g/mol. The molecule has 0 unspecified atom stereocenters. The third kappa shape index (κ3) is 3.49. The fourth-order valence-electron chi connectivity index (χ4n) is 2.71. The lowest BCUT2D eigenvalue weighted by atomic mass is 10.2. The number of benzene rings is 1. The number of halogens is 2. The molecule has 136 valence electrons. The molecule has 9 heteroatoms. The van der Waals surface area contributed by atoms with E-state index in [4.69, 9.17) is 0 Å². The van der Waals surface area contributed by atoms with E-state index in [1.165, 1.54) is 29.2 Å². The normalized spacial score (nSPS) is 11.6. The van der Waals surface area contributed by atoms with Crippen molar-refractivity contribution in [1.29, 1.82) is 0 Å². The molecule has 0 aliphatic heterocycles. The van der Waals surface area contributed by atoms with Crippen LogP contribution in [0, 0.1) is 26.6 Å². The number of anilines is 1. The van der Waals surface area contributed by atoms with Crippen molar-refractivity contribution in [3.63, 3.8) is 0 Å². The number of rotatable bonds is 4. The molecule has 1 aromatic carbocycles. The molecule has 2 heterocycles. The van der Waals surface area contributed by atoms with E-state index in [0.29, 0.717) is 16.7 Å². The number of nitrogens with zero attached hydrogens (tertiary/aromatic N) is 3. The zero-order valence-corrected chi connectivity index (χ0v) is 16.7. The molecule has 26 heavy (non-hydrogen) atoms. The standard InChI is InChI=1S/C17H16BrFN4O2S/c1-10-7-13(18)8-11(2)15(10)26(24,25)22-16-12(3)9-23(21-16)17-14(19)5-4-6-20-17/h4-9H,1-3H3,(H,21,22). The maximum atomic E-state index is 13.9. The Morgan fingerprint density at radius 1 is 1.15 bits per heavy atom. The first-order chi connectivity index (χ1) is 12.2. The van der Waals surface area contributed by atoms with Gasteiger partial charge in [0.05, 0.1) is 4.90 Å². The van der Waals surface area contributed by atoms with Gasteiger partial charge in [0.25, 0.3) is 10.0 Å². The third-order valence-corrected chi connectivity index (χ3v) is 5.88. The molecule has 0 bridgehead atoms. The Labute approximate surface area is 159 Å². The van der Waals surface area contributed by atoms with Gasteiger partial charge in [-0.1, -0.05) is 15.9 Å². The average Bonchev–Trinajstić information content (AvgIpc) is 2.86. The summed E-state index contributed by atoms with van der Waals surface area (Å²) in [6, 6.07) is 6.20. The summed E-state index contributed by atoms with van der Waals surface area (Å²) in [4.78, 5) is 4.13. The van der Waals surface area contributed by atoms with Crippen LogP contribution in [0.1, 0.15) is 16.7 Å². The minimum Gasteiger partial charge on any atom is -0.262 e. The van der Waals surface area contributed by atoms with Gasteiger partial charge in [-0.05, 0) is 56.2 Å². The van der Waals surface area contributed by atoms with Crippen molar-refractivity contribution >= 4 is 31.8 Å². The van der Waals surface area contributed by atoms with Crippen molar-refractivity contribution in [2.24, 2.45) is 0 Å². The van der Waals surface area contributed by atoms with Gasteiger partial charge in [0.15, 0.2) is 17.5 Å². The lowest BCUT2D eigenvalue weighted by molar-refractivity contribution is 0.598. The summed E-state index contributed by atoms with van der Waals surface area (Å²) in [7, 11) is -3.85. The Balaban J connectivity index is 2.01. The van der Waals surface area contributed by atoms with Gasteiger partial charge in [-0.15, -0.1) is 5.10 Å². The van der Waals surface area contributed by atoms with E-state index < -0.39 is 15.8 Å². The molecular formula is C17H16BrFN4O2S. The summed E-state index contributed by atoms with van der Waals surface area (Å²) in [5.41, 5.74) is 1.76. The second-order valence-electron chi connectivity index (χ2n) is 5.89. The van der Waals surface area contributed by atoms with Gasteiger partial charge in [-0.2, -0.15) is 0 Å². The van der Waals surface area contributed by atoms with Crippen LogP contribution in [0.15, 0.2) is 46.0 Å². The van der Waals surface area contributed by atoms with E-state index in [-0.39, 0.29) is 16.5 Å². The second-order valence-corrected chi connectivity index (χ2v) is 8.42. The Morgan fingerprint density at radius 2 is 1.81 bits per heavy atom. The Hall–Kier alpha value is -2.26. The highest BCUT2D eigenvalue weighted by atomic mass is 79.9. The number of aromatic nitrogens is 3. The summed E-state index contributed by atoms with van der Waals surface area (Å²) >= 11 is 3.35. The van der Waals surface area contributed by atoms with Crippen molar-refractivity contribution in [3.8, 4) is 5.82 Å². The maximum absolute atomic E-state index is 13.9. The van der Waals surface area contributed by atoms with Gasteiger partial charge in [0, 0.05) is 22.4 Å². The molecule has 3 rings (SSSR count). The average molecular weight is 439 g/mol. The van der Waals surface area contributed by atoms with Crippen molar-refractivity contribution in [1.82, 2.24) is 14.8 Å². The maximum Gasteiger partial charge on any atom is 0.263 e. The minimum absolute atomic E-state index is 0.00273. The molecule has 0 saturated heterocycles. The second kappa shape index (κ2) is 6.81. The third-order valence-electron chi connectivity index (χ3n) is 3.78.